The van der Waals surface area contributed by atoms with Gasteiger partial charge in [0.05, 0.1) is 0 Å². The van der Waals surface area contributed by atoms with E-state index in [1.807, 2.05) is 48.5 Å². The number of carbonyl (C=O) groups is 2. The minimum atomic E-state index is -0.338. The summed E-state index contributed by atoms with van der Waals surface area (Å²) in [5.41, 5.74) is -0.216. The van der Waals surface area contributed by atoms with Crippen molar-refractivity contribution in [2.45, 2.75) is 67.5 Å². The van der Waals surface area contributed by atoms with Gasteiger partial charge in [-0.15, -0.1) is 0 Å². The molecule has 0 aliphatic rings. The van der Waals surface area contributed by atoms with Crippen LogP contribution in [0.1, 0.15) is 61.3 Å². The Balaban J connectivity index is 4.76. The van der Waals surface area contributed by atoms with Crippen molar-refractivity contribution in [3.63, 3.8) is 0 Å². The summed E-state index contributed by atoms with van der Waals surface area (Å²) in [4.78, 5) is 24.0. The molecule has 0 spiro atoms. The van der Waals surface area contributed by atoms with E-state index in [2.05, 4.69) is 10.6 Å². The van der Waals surface area contributed by atoms with Gasteiger partial charge in [-0.3, -0.25) is 9.59 Å². The van der Waals surface area contributed by atoms with Crippen LogP contribution in [0.2, 0.25) is 0 Å². The third kappa shape index (κ3) is 6.08. The van der Waals surface area contributed by atoms with E-state index in [1.54, 1.807) is 0 Å². The number of amides is 2. The predicted octanol–water partition coefficient (Wildman–Crippen LogP) is 2.68. The number of hydrogen-bond donors (Lipinski definition) is 2. The predicted molar refractivity (Wildman–Crippen MR) is 78.4 cm³/mol. The molecule has 19 heavy (non-hydrogen) atoms. The van der Waals surface area contributed by atoms with E-state index in [0.717, 1.165) is 12.8 Å². The highest BCUT2D eigenvalue weighted by Crippen LogP contribution is 2.18. The Morgan fingerprint density at radius 1 is 0.895 bits per heavy atom. The van der Waals surface area contributed by atoms with Crippen LogP contribution in [0.5, 0.6) is 0 Å². The molecule has 0 aromatic rings. The molecule has 0 saturated carbocycles. The molecule has 0 aromatic heterocycles. The van der Waals surface area contributed by atoms with Crippen molar-refractivity contribution < 1.29 is 9.59 Å². The zero-order chi connectivity index (χ0) is 15.2. The quantitative estimate of drug-likeness (QED) is 0.729. The number of nitrogens with one attached hydrogen (secondary N) is 2. The van der Waals surface area contributed by atoms with E-state index in [-0.39, 0.29) is 35.2 Å². The highest BCUT2D eigenvalue weighted by molar-refractivity contribution is 5.81. The van der Waals surface area contributed by atoms with Gasteiger partial charge in [-0.1, -0.05) is 48.5 Å². The Hall–Kier alpha value is -1.06. The second kappa shape index (κ2) is 7.51. The van der Waals surface area contributed by atoms with Crippen LogP contribution in [0.4, 0.5) is 0 Å². The van der Waals surface area contributed by atoms with Crippen molar-refractivity contribution in [2.75, 3.05) is 0 Å². The fourth-order valence-electron chi connectivity index (χ4n) is 1.41. The second-order valence-corrected chi connectivity index (χ2v) is 6.43. The van der Waals surface area contributed by atoms with Crippen LogP contribution in [0.25, 0.3) is 0 Å². The first kappa shape index (κ1) is 17.9. The molecule has 2 N–H and O–H groups in total. The van der Waals surface area contributed by atoms with Gasteiger partial charge >= 0.3 is 0 Å². The van der Waals surface area contributed by atoms with Crippen LogP contribution < -0.4 is 10.6 Å². The number of hydrogen-bond acceptors (Lipinski definition) is 2. The first-order chi connectivity index (χ1) is 8.63. The summed E-state index contributed by atoms with van der Waals surface area (Å²) in [5, 5.41) is 5.89. The molecule has 0 aromatic carbocycles. The van der Waals surface area contributed by atoms with Crippen LogP contribution in [-0.4, -0.2) is 18.0 Å². The van der Waals surface area contributed by atoms with E-state index in [1.165, 1.54) is 0 Å². The summed E-state index contributed by atoms with van der Waals surface area (Å²) < 4.78 is 0. The summed E-state index contributed by atoms with van der Waals surface area (Å²) in [7, 11) is 0. The zero-order valence-corrected chi connectivity index (χ0v) is 13.5. The van der Waals surface area contributed by atoms with Crippen molar-refractivity contribution in [3.05, 3.63) is 0 Å². The molecule has 112 valence electrons. The van der Waals surface area contributed by atoms with Gasteiger partial charge < -0.3 is 10.6 Å². The van der Waals surface area contributed by atoms with Gasteiger partial charge in [-0.25, -0.2) is 0 Å². The van der Waals surface area contributed by atoms with E-state index < -0.39 is 0 Å². The molecule has 0 radical (unpaired) electrons. The Morgan fingerprint density at radius 3 is 1.42 bits per heavy atom. The molecule has 2 atom stereocenters. The molecule has 0 heterocycles. The van der Waals surface area contributed by atoms with E-state index in [0.29, 0.717) is 0 Å². The standard InChI is InChI=1S/C15H30N2O2/c1-8-10(3)12(18)16-14(15(5,6)7)17-13(19)11(4)9-2/h10-11,14H,8-9H2,1-7H3,(H,16,18)(H,17,19). The van der Waals surface area contributed by atoms with Crippen LogP contribution >= 0.6 is 0 Å². The SMILES string of the molecule is CCC(C)C(=O)NC(NC(=O)C(C)CC)C(C)(C)C. The lowest BCUT2D eigenvalue weighted by molar-refractivity contribution is -0.129. The van der Waals surface area contributed by atoms with Crippen LogP contribution in [0.3, 0.4) is 0 Å². The third-order valence-corrected chi connectivity index (χ3v) is 3.56. The van der Waals surface area contributed by atoms with Crippen LogP contribution in [0, 0.1) is 17.3 Å². The monoisotopic (exact) mass is 270 g/mol. The maximum absolute atomic E-state index is 12.0. The molecular weight excluding hydrogens is 240 g/mol. The van der Waals surface area contributed by atoms with Gasteiger partial charge in [0, 0.05) is 17.3 Å². The molecular formula is C15H30N2O2. The summed E-state index contributed by atoms with van der Waals surface area (Å²) >= 11 is 0. The van der Waals surface area contributed by atoms with Gasteiger partial charge in [0.15, 0.2) is 0 Å². The smallest absolute Gasteiger partial charge is 0.224 e. The van der Waals surface area contributed by atoms with Crippen molar-refractivity contribution in [3.8, 4) is 0 Å². The van der Waals surface area contributed by atoms with Crippen molar-refractivity contribution >= 4 is 11.8 Å². The average molecular weight is 270 g/mol. The highest BCUT2D eigenvalue weighted by Gasteiger charge is 2.29. The lowest BCUT2D eigenvalue weighted by atomic mass is 9.91. The Kier molecular flexibility index (Phi) is 7.09. The fraction of sp³-hybridized carbons (Fsp3) is 0.867. The zero-order valence-electron chi connectivity index (χ0n) is 13.5. The van der Waals surface area contributed by atoms with Gasteiger partial charge in [0.2, 0.25) is 11.8 Å². The molecule has 2 amide bonds. The van der Waals surface area contributed by atoms with Crippen molar-refractivity contribution in [1.82, 2.24) is 10.6 Å². The normalized spacial score (nSPS) is 16.4. The Labute approximate surface area is 117 Å². The summed E-state index contributed by atoms with van der Waals surface area (Å²) in [6.07, 6.45) is 1.25. The molecule has 0 saturated heterocycles. The minimum absolute atomic E-state index is 0.00752. The Bertz CT molecular complexity index is 284. The summed E-state index contributed by atoms with van der Waals surface area (Å²) in [6, 6.07) is 0. The average Bonchev–Trinajstić information content (AvgIpc) is 2.34. The molecule has 0 fully saturated rings. The lowest BCUT2D eigenvalue weighted by Crippen LogP contribution is -2.56. The molecule has 0 aliphatic carbocycles. The van der Waals surface area contributed by atoms with Crippen LogP contribution in [-0.2, 0) is 9.59 Å². The van der Waals surface area contributed by atoms with Gasteiger partial charge in [-0.05, 0) is 12.8 Å². The molecule has 0 rings (SSSR count). The molecule has 4 nitrogen and oxygen atoms in total. The topological polar surface area (TPSA) is 58.2 Å². The van der Waals surface area contributed by atoms with Gasteiger partial charge in [-0.2, -0.15) is 0 Å². The Morgan fingerprint density at radius 2 is 1.21 bits per heavy atom. The van der Waals surface area contributed by atoms with E-state index in [9.17, 15) is 9.59 Å². The van der Waals surface area contributed by atoms with Gasteiger partial charge in [0.1, 0.15) is 6.17 Å². The number of carbonyl (C=O) groups excluding carboxylic acids is 2. The maximum Gasteiger partial charge on any atom is 0.224 e. The molecule has 0 aliphatic heterocycles. The minimum Gasteiger partial charge on any atom is -0.335 e. The van der Waals surface area contributed by atoms with Crippen molar-refractivity contribution in [1.29, 1.82) is 0 Å². The number of rotatable bonds is 6. The molecule has 0 bridgehead atoms. The summed E-state index contributed by atoms with van der Waals surface area (Å²) in [6.45, 7) is 13.8. The first-order valence-corrected chi connectivity index (χ1v) is 7.24. The largest absolute Gasteiger partial charge is 0.335 e. The van der Waals surface area contributed by atoms with Crippen LogP contribution in [0.15, 0.2) is 0 Å². The van der Waals surface area contributed by atoms with Crippen molar-refractivity contribution in [2.24, 2.45) is 17.3 Å². The maximum atomic E-state index is 12.0. The second-order valence-electron chi connectivity index (χ2n) is 6.43. The van der Waals surface area contributed by atoms with E-state index >= 15 is 0 Å². The fourth-order valence-corrected chi connectivity index (χ4v) is 1.41. The van der Waals surface area contributed by atoms with Gasteiger partial charge in [0.25, 0.3) is 0 Å². The molecule has 2 unspecified atom stereocenters. The van der Waals surface area contributed by atoms with E-state index in [4.69, 9.17) is 0 Å². The third-order valence-electron chi connectivity index (χ3n) is 3.56. The molecule has 4 heteroatoms. The summed E-state index contributed by atoms with van der Waals surface area (Å²) in [5.74, 6) is -0.0885. The highest BCUT2D eigenvalue weighted by atomic mass is 16.2. The first-order valence-electron chi connectivity index (χ1n) is 7.24. The lowest BCUT2D eigenvalue weighted by Gasteiger charge is -2.33.